The topological polar surface area (TPSA) is 9.23 Å². The molecule has 1 aliphatic heterocycles. The highest BCUT2D eigenvalue weighted by Crippen LogP contribution is 2.25. The van der Waals surface area contributed by atoms with Gasteiger partial charge in [0.15, 0.2) is 0 Å². The smallest absolute Gasteiger partial charge is 0.0679 e. The molecule has 0 radical (unpaired) electrons. The lowest BCUT2D eigenvalue weighted by atomic mass is 9.92. The van der Waals surface area contributed by atoms with Crippen LogP contribution in [0.3, 0.4) is 0 Å². The molecule has 0 saturated heterocycles. The Morgan fingerprint density at radius 3 is 2.64 bits per heavy atom. The maximum Gasteiger partial charge on any atom is 0.0679 e. The number of hydrogen-bond acceptors (Lipinski definition) is 1. The zero-order valence-electron chi connectivity index (χ0n) is 8.52. The minimum absolute atomic E-state index is 0.349. The molecule has 1 nitrogen and oxygen atoms in total. The highest BCUT2D eigenvalue weighted by atomic mass is 16.5. The number of rotatable bonds is 2. The second-order valence-corrected chi connectivity index (χ2v) is 3.78. The summed E-state index contributed by atoms with van der Waals surface area (Å²) in [5.41, 5.74) is 1.37. The van der Waals surface area contributed by atoms with Crippen molar-refractivity contribution < 1.29 is 4.74 Å². The van der Waals surface area contributed by atoms with Gasteiger partial charge < -0.3 is 4.74 Å². The van der Waals surface area contributed by atoms with Gasteiger partial charge in [0.05, 0.1) is 12.7 Å². The highest BCUT2D eigenvalue weighted by Gasteiger charge is 2.19. The Morgan fingerprint density at radius 2 is 2.00 bits per heavy atom. The van der Waals surface area contributed by atoms with Crippen molar-refractivity contribution in [2.24, 2.45) is 0 Å². The minimum Gasteiger partial charge on any atom is -0.373 e. The van der Waals surface area contributed by atoms with Crippen LogP contribution in [-0.2, 0) is 4.74 Å². The molecule has 0 spiro atoms. The molecule has 0 fully saturated rings. The third-order valence-electron chi connectivity index (χ3n) is 2.82. The van der Waals surface area contributed by atoms with Crippen molar-refractivity contribution in [1.29, 1.82) is 0 Å². The summed E-state index contributed by atoms with van der Waals surface area (Å²) in [5.74, 6) is 0.487. The van der Waals surface area contributed by atoms with Crippen LogP contribution in [0.1, 0.15) is 24.8 Å². The normalized spacial score (nSPS) is 23.4. The molecule has 0 aliphatic carbocycles. The summed E-state index contributed by atoms with van der Waals surface area (Å²) in [5, 5.41) is 0. The Morgan fingerprint density at radius 1 is 1.21 bits per heavy atom. The van der Waals surface area contributed by atoms with Crippen LogP contribution in [0.25, 0.3) is 0 Å². The van der Waals surface area contributed by atoms with Crippen molar-refractivity contribution in [2.45, 2.75) is 25.4 Å². The van der Waals surface area contributed by atoms with E-state index in [-0.39, 0.29) is 0 Å². The fourth-order valence-corrected chi connectivity index (χ4v) is 1.87. The quantitative estimate of drug-likeness (QED) is 0.648. The maximum atomic E-state index is 5.71. The van der Waals surface area contributed by atoms with Crippen LogP contribution in [0.5, 0.6) is 0 Å². The van der Waals surface area contributed by atoms with Crippen LogP contribution in [0.4, 0.5) is 0 Å². The average Bonchev–Trinajstić information content (AvgIpc) is 2.30. The molecule has 0 bridgehead atoms. The maximum absolute atomic E-state index is 5.71. The van der Waals surface area contributed by atoms with Crippen LogP contribution in [0.15, 0.2) is 42.5 Å². The van der Waals surface area contributed by atoms with E-state index < -0.39 is 0 Å². The van der Waals surface area contributed by atoms with E-state index in [4.69, 9.17) is 4.74 Å². The molecule has 0 amide bonds. The van der Waals surface area contributed by atoms with Crippen LogP contribution in [0.2, 0.25) is 0 Å². The molecule has 2 atom stereocenters. The van der Waals surface area contributed by atoms with Crippen LogP contribution >= 0.6 is 0 Å². The Labute approximate surface area is 85.4 Å². The van der Waals surface area contributed by atoms with Gasteiger partial charge in [0.1, 0.15) is 0 Å². The van der Waals surface area contributed by atoms with Gasteiger partial charge in [-0.2, -0.15) is 0 Å². The Balaban J connectivity index is 2.08. The summed E-state index contributed by atoms with van der Waals surface area (Å²) < 4.78 is 5.71. The van der Waals surface area contributed by atoms with E-state index in [9.17, 15) is 0 Å². The summed E-state index contributed by atoms with van der Waals surface area (Å²) in [6.45, 7) is 3.00. The van der Waals surface area contributed by atoms with E-state index in [0.29, 0.717) is 12.0 Å². The zero-order chi connectivity index (χ0) is 9.80. The standard InChI is InChI=1S/C13H16O/c1-11(12-7-3-2-4-8-12)13-9-5-6-10-14-13/h2-8,11,13H,9-10H2,1H3/t11-,13-/m1/s1. The molecule has 1 aliphatic rings. The number of hydrogen-bond donors (Lipinski definition) is 0. The largest absolute Gasteiger partial charge is 0.373 e. The summed E-state index contributed by atoms with van der Waals surface area (Å²) >= 11 is 0. The molecule has 74 valence electrons. The van der Waals surface area contributed by atoms with Gasteiger partial charge in [-0.25, -0.2) is 0 Å². The first-order valence-corrected chi connectivity index (χ1v) is 5.19. The summed E-state index contributed by atoms with van der Waals surface area (Å²) in [4.78, 5) is 0. The SMILES string of the molecule is C[C@H](c1ccccc1)[C@H]1CC=CCO1. The number of ether oxygens (including phenoxy) is 1. The summed E-state index contributed by atoms with van der Waals surface area (Å²) in [6, 6.07) is 10.6. The van der Waals surface area contributed by atoms with Gasteiger partial charge in [0, 0.05) is 5.92 Å². The monoisotopic (exact) mass is 188 g/mol. The molecular weight excluding hydrogens is 172 g/mol. The van der Waals surface area contributed by atoms with E-state index in [1.165, 1.54) is 5.56 Å². The lowest BCUT2D eigenvalue weighted by molar-refractivity contribution is 0.0514. The van der Waals surface area contributed by atoms with Crippen molar-refractivity contribution in [3.8, 4) is 0 Å². The van der Waals surface area contributed by atoms with Gasteiger partial charge in [-0.15, -0.1) is 0 Å². The van der Waals surface area contributed by atoms with Crippen LogP contribution < -0.4 is 0 Å². The summed E-state index contributed by atoms with van der Waals surface area (Å²) in [6.07, 6.45) is 5.69. The second-order valence-electron chi connectivity index (χ2n) is 3.78. The molecule has 0 saturated carbocycles. The first-order valence-electron chi connectivity index (χ1n) is 5.19. The predicted molar refractivity (Wildman–Crippen MR) is 58.4 cm³/mol. The minimum atomic E-state index is 0.349. The Hall–Kier alpha value is -1.08. The van der Waals surface area contributed by atoms with Crippen LogP contribution in [0, 0.1) is 0 Å². The Kier molecular flexibility index (Phi) is 3.00. The predicted octanol–water partition coefficient (Wildman–Crippen LogP) is 3.14. The van der Waals surface area contributed by atoms with E-state index in [2.05, 4.69) is 49.4 Å². The van der Waals surface area contributed by atoms with Crippen molar-refractivity contribution in [3.63, 3.8) is 0 Å². The zero-order valence-corrected chi connectivity index (χ0v) is 8.52. The average molecular weight is 188 g/mol. The fraction of sp³-hybridized carbons (Fsp3) is 0.385. The van der Waals surface area contributed by atoms with Gasteiger partial charge in [0.25, 0.3) is 0 Å². The van der Waals surface area contributed by atoms with E-state index >= 15 is 0 Å². The first kappa shape index (κ1) is 9.47. The molecular formula is C13H16O. The van der Waals surface area contributed by atoms with Gasteiger partial charge in [-0.1, -0.05) is 49.4 Å². The van der Waals surface area contributed by atoms with Crippen molar-refractivity contribution in [3.05, 3.63) is 48.0 Å². The van der Waals surface area contributed by atoms with Crippen LogP contribution in [-0.4, -0.2) is 12.7 Å². The van der Waals surface area contributed by atoms with Gasteiger partial charge >= 0.3 is 0 Å². The van der Waals surface area contributed by atoms with E-state index in [0.717, 1.165) is 13.0 Å². The fourth-order valence-electron chi connectivity index (χ4n) is 1.87. The molecule has 1 aromatic rings. The molecule has 14 heavy (non-hydrogen) atoms. The molecule has 0 unspecified atom stereocenters. The lowest BCUT2D eigenvalue weighted by Crippen LogP contribution is -2.22. The number of benzene rings is 1. The summed E-state index contributed by atoms with van der Waals surface area (Å²) in [7, 11) is 0. The highest BCUT2D eigenvalue weighted by molar-refractivity contribution is 5.20. The van der Waals surface area contributed by atoms with Crippen molar-refractivity contribution in [1.82, 2.24) is 0 Å². The first-order chi connectivity index (χ1) is 6.88. The van der Waals surface area contributed by atoms with Gasteiger partial charge in [-0.3, -0.25) is 0 Å². The molecule has 1 heterocycles. The molecule has 1 heteroatoms. The second kappa shape index (κ2) is 4.43. The third kappa shape index (κ3) is 2.05. The van der Waals surface area contributed by atoms with Crippen molar-refractivity contribution >= 4 is 0 Å². The third-order valence-corrected chi connectivity index (χ3v) is 2.82. The molecule has 2 rings (SSSR count). The molecule has 1 aromatic carbocycles. The lowest BCUT2D eigenvalue weighted by Gasteiger charge is -2.25. The van der Waals surface area contributed by atoms with Gasteiger partial charge in [-0.05, 0) is 12.0 Å². The van der Waals surface area contributed by atoms with E-state index in [1.807, 2.05) is 0 Å². The Bertz CT molecular complexity index is 302. The van der Waals surface area contributed by atoms with E-state index in [1.54, 1.807) is 0 Å². The van der Waals surface area contributed by atoms with Gasteiger partial charge in [0.2, 0.25) is 0 Å². The molecule has 0 aromatic heterocycles. The van der Waals surface area contributed by atoms with Crippen molar-refractivity contribution in [2.75, 3.05) is 6.61 Å². The molecule has 0 N–H and O–H groups in total.